The molecule has 7 heteroatoms. The van der Waals surface area contributed by atoms with Crippen LogP contribution >= 0.6 is 0 Å². The van der Waals surface area contributed by atoms with Crippen molar-refractivity contribution < 1.29 is 17.9 Å². The number of rotatable bonds is 10. The quantitative estimate of drug-likeness (QED) is 0.370. The first-order valence-corrected chi connectivity index (χ1v) is 7.44. The number of nitrogens with one attached hydrogen (secondary N) is 2. The maximum Gasteiger partial charge on any atom is 0.389 e. The van der Waals surface area contributed by atoms with Crippen LogP contribution in [0.25, 0.3) is 0 Å². The molecule has 0 saturated carbocycles. The molecular weight excluding hydrogens is 283 g/mol. The van der Waals surface area contributed by atoms with Crippen molar-refractivity contribution in [2.45, 2.75) is 45.7 Å². The second kappa shape index (κ2) is 11.7. The topological polar surface area (TPSA) is 45.7 Å². The van der Waals surface area contributed by atoms with Crippen molar-refractivity contribution in [2.24, 2.45) is 10.9 Å². The molecule has 0 aromatic rings. The van der Waals surface area contributed by atoms with Crippen LogP contribution in [0, 0.1) is 5.92 Å². The van der Waals surface area contributed by atoms with Crippen LogP contribution in [-0.4, -0.2) is 45.5 Å². The van der Waals surface area contributed by atoms with Gasteiger partial charge in [0, 0.05) is 39.8 Å². The number of nitrogens with zero attached hydrogens (tertiary/aromatic N) is 1. The lowest BCUT2D eigenvalue weighted by Crippen LogP contribution is -2.38. The molecule has 0 aliphatic carbocycles. The number of hydrogen-bond acceptors (Lipinski definition) is 2. The molecule has 2 N–H and O–H groups in total. The number of alkyl halides is 3. The van der Waals surface area contributed by atoms with E-state index in [9.17, 15) is 13.2 Å². The van der Waals surface area contributed by atoms with Crippen molar-refractivity contribution in [2.75, 3.05) is 33.4 Å². The van der Waals surface area contributed by atoms with Crippen LogP contribution in [0.1, 0.15) is 39.5 Å². The predicted octanol–water partition coefficient (Wildman–Crippen LogP) is 2.95. The molecule has 0 unspecified atom stereocenters. The van der Waals surface area contributed by atoms with Crippen molar-refractivity contribution in [1.29, 1.82) is 0 Å². The summed E-state index contributed by atoms with van der Waals surface area (Å²) < 4.78 is 41.3. The highest BCUT2D eigenvalue weighted by Crippen LogP contribution is 2.21. The first-order chi connectivity index (χ1) is 9.85. The number of aliphatic imine (C=N–C) groups is 1. The third-order valence-corrected chi connectivity index (χ3v) is 2.61. The lowest BCUT2D eigenvalue weighted by atomic mass is 10.2. The van der Waals surface area contributed by atoms with Crippen molar-refractivity contribution in [3.8, 4) is 0 Å². The van der Waals surface area contributed by atoms with Crippen molar-refractivity contribution >= 4 is 5.96 Å². The zero-order valence-electron chi connectivity index (χ0n) is 13.2. The van der Waals surface area contributed by atoms with Gasteiger partial charge in [0.25, 0.3) is 0 Å². The molecule has 0 spiro atoms. The summed E-state index contributed by atoms with van der Waals surface area (Å²) in [5, 5.41) is 6.10. The largest absolute Gasteiger partial charge is 0.389 e. The van der Waals surface area contributed by atoms with E-state index in [4.69, 9.17) is 4.74 Å². The zero-order valence-corrected chi connectivity index (χ0v) is 13.2. The summed E-state index contributed by atoms with van der Waals surface area (Å²) in [4.78, 5) is 4.01. The fraction of sp³-hybridized carbons (Fsp3) is 0.929. The van der Waals surface area contributed by atoms with Gasteiger partial charge in [-0.15, -0.1) is 0 Å². The summed E-state index contributed by atoms with van der Waals surface area (Å²) >= 11 is 0. The highest BCUT2D eigenvalue weighted by molar-refractivity contribution is 5.79. The molecule has 0 saturated heterocycles. The minimum Gasteiger partial charge on any atom is -0.381 e. The summed E-state index contributed by atoms with van der Waals surface area (Å²) in [6, 6.07) is 0. The molecule has 0 atom stereocenters. The van der Waals surface area contributed by atoms with Gasteiger partial charge < -0.3 is 15.4 Å². The number of guanidine groups is 1. The van der Waals surface area contributed by atoms with Gasteiger partial charge in [-0.1, -0.05) is 13.8 Å². The number of halogens is 3. The molecule has 126 valence electrons. The van der Waals surface area contributed by atoms with E-state index in [0.29, 0.717) is 31.4 Å². The van der Waals surface area contributed by atoms with E-state index in [1.54, 1.807) is 7.05 Å². The zero-order chi connectivity index (χ0) is 16.1. The first kappa shape index (κ1) is 20.0. The first-order valence-electron chi connectivity index (χ1n) is 7.44. The highest BCUT2D eigenvalue weighted by Gasteiger charge is 2.25. The van der Waals surface area contributed by atoms with Gasteiger partial charge >= 0.3 is 6.18 Å². The summed E-state index contributed by atoms with van der Waals surface area (Å²) in [6.07, 6.45) is -3.32. The van der Waals surface area contributed by atoms with Gasteiger partial charge in [-0.3, -0.25) is 4.99 Å². The Hall–Kier alpha value is -0.980. The van der Waals surface area contributed by atoms with E-state index in [-0.39, 0.29) is 6.42 Å². The van der Waals surface area contributed by atoms with Gasteiger partial charge in [0.2, 0.25) is 0 Å². The van der Waals surface area contributed by atoms with E-state index in [0.717, 1.165) is 19.6 Å². The van der Waals surface area contributed by atoms with Crippen molar-refractivity contribution in [1.82, 2.24) is 10.6 Å². The molecule has 0 aliphatic heterocycles. The van der Waals surface area contributed by atoms with Crippen LogP contribution in [-0.2, 0) is 4.74 Å². The normalized spacial score (nSPS) is 12.8. The summed E-state index contributed by atoms with van der Waals surface area (Å²) in [7, 11) is 1.64. The molecular formula is C14H28F3N3O. The fourth-order valence-corrected chi connectivity index (χ4v) is 1.58. The lowest BCUT2D eigenvalue weighted by molar-refractivity contribution is -0.135. The van der Waals surface area contributed by atoms with Gasteiger partial charge in [-0.2, -0.15) is 13.2 Å². The molecule has 0 aliphatic rings. The monoisotopic (exact) mass is 311 g/mol. The smallest absolute Gasteiger partial charge is 0.381 e. The molecule has 0 aromatic carbocycles. The summed E-state index contributed by atoms with van der Waals surface area (Å²) in [6.45, 7) is 6.85. The van der Waals surface area contributed by atoms with Gasteiger partial charge in [-0.25, -0.2) is 0 Å². The Labute approximate surface area is 125 Å². The number of unbranched alkanes of at least 4 members (excludes halogenated alkanes) is 1. The third-order valence-electron chi connectivity index (χ3n) is 2.61. The Morgan fingerprint density at radius 3 is 2.24 bits per heavy atom. The van der Waals surface area contributed by atoms with E-state index in [2.05, 4.69) is 29.5 Å². The maximum atomic E-state index is 12.0. The van der Waals surface area contributed by atoms with Crippen LogP contribution in [0.4, 0.5) is 13.2 Å². The van der Waals surface area contributed by atoms with E-state index in [1.807, 2.05) is 0 Å². The van der Waals surface area contributed by atoms with E-state index < -0.39 is 12.6 Å². The molecule has 0 radical (unpaired) electrons. The Bertz CT molecular complexity index is 281. The fourth-order valence-electron chi connectivity index (χ4n) is 1.58. The van der Waals surface area contributed by atoms with Gasteiger partial charge in [0.1, 0.15) is 0 Å². The number of hydrogen-bond donors (Lipinski definition) is 2. The molecule has 0 fully saturated rings. The summed E-state index contributed by atoms with van der Waals surface area (Å²) in [5.41, 5.74) is 0. The average molecular weight is 311 g/mol. The van der Waals surface area contributed by atoms with E-state index in [1.165, 1.54) is 0 Å². The molecule has 4 nitrogen and oxygen atoms in total. The van der Waals surface area contributed by atoms with Crippen molar-refractivity contribution in [3.05, 3.63) is 0 Å². The minimum absolute atomic E-state index is 0.135. The molecule has 0 heterocycles. The molecule has 0 rings (SSSR count). The van der Waals surface area contributed by atoms with Gasteiger partial charge in [0.15, 0.2) is 5.96 Å². The predicted molar refractivity (Wildman–Crippen MR) is 79.5 cm³/mol. The molecule has 0 bridgehead atoms. The number of ether oxygens (including phenoxy) is 1. The maximum absolute atomic E-state index is 12.0. The average Bonchev–Trinajstić information content (AvgIpc) is 2.38. The summed E-state index contributed by atoms with van der Waals surface area (Å²) in [5.74, 6) is 1.15. The Balaban J connectivity index is 3.51. The van der Waals surface area contributed by atoms with Crippen molar-refractivity contribution in [3.63, 3.8) is 0 Å². The molecule has 21 heavy (non-hydrogen) atoms. The van der Waals surface area contributed by atoms with E-state index >= 15 is 0 Å². The SMILES string of the molecule is CN=C(NCCCCC(F)(F)F)NCCCOCC(C)C. The van der Waals surface area contributed by atoms with Crippen LogP contribution in [0.5, 0.6) is 0 Å². The third kappa shape index (κ3) is 15.2. The van der Waals surface area contributed by atoms with Crippen LogP contribution < -0.4 is 10.6 Å². The van der Waals surface area contributed by atoms with Crippen LogP contribution in [0.3, 0.4) is 0 Å². The molecule has 0 amide bonds. The Morgan fingerprint density at radius 2 is 1.71 bits per heavy atom. The second-order valence-corrected chi connectivity index (χ2v) is 5.32. The lowest BCUT2D eigenvalue weighted by Gasteiger charge is -2.12. The van der Waals surface area contributed by atoms with Crippen LogP contribution in [0.15, 0.2) is 4.99 Å². The van der Waals surface area contributed by atoms with Gasteiger partial charge in [-0.05, 0) is 25.2 Å². The molecule has 0 aromatic heterocycles. The Morgan fingerprint density at radius 1 is 1.10 bits per heavy atom. The van der Waals surface area contributed by atoms with Crippen LogP contribution in [0.2, 0.25) is 0 Å². The second-order valence-electron chi connectivity index (χ2n) is 5.32. The van der Waals surface area contributed by atoms with Gasteiger partial charge in [0.05, 0.1) is 0 Å². The Kier molecular flexibility index (Phi) is 11.1. The highest BCUT2D eigenvalue weighted by atomic mass is 19.4. The minimum atomic E-state index is -4.06. The standard InChI is InChI=1S/C14H28F3N3O/c1-12(2)11-21-10-6-9-20-13(18-3)19-8-5-4-7-14(15,16)17/h12H,4-11H2,1-3H3,(H2,18,19,20).